The predicted molar refractivity (Wildman–Crippen MR) is 178 cm³/mol. The fourth-order valence-corrected chi connectivity index (χ4v) is 6.89. The van der Waals surface area contributed by atoms with Crippen LogP contribution in [-0.4, -0.2) is 60.4 Å². The smallest absolute Gasteiger partial charge is 0.336 e. The molecule has 3 aromatic carbocycles. The van der Waals surface area contributed by atoms with Gasteiger partial charge >= 0.3 is 5.97 Å². The van der Waals surface area contributed by atoms with Crippen molar-refractivity contribution in [3.63, 3.8) is 0 Å². The first-order valence-corrected chi connectivity index (χ1v) is 15.8. The number of hydrogen-bond acceptors (Lipinski definition) is 7. The number of carbonyl (C=O) groups is 2. The van der Waals surface area contributed by atoms with Crippen molar-refractivity contribution in [2.45, 2.75) is 50.9 Å². The summed E-state index contributed by atoms with van der Waals surface area (Å²) in [6.07, 6.45) is 4.72. The van der Waals surface area contributed by atoms with E-state index in [9.17, 15) is 19.7 Å². The maximum Gasteiger partial charge on any atom is 0.336 e. The SMILES string of the molecule is COC(=O)C1=CN(C)C(C)=C(NC(=O)CCCN2CCC(c3ccccc3)(c3ccccc3)CC2)C1c1ccc([N+](=O)[O-])c(C)c1. The van der Waals surface area contributed by atoms with Crippen molar-refractivity contribution < 1.29 is 19.2 Å². The molecule has 1 unspecified atom stereocenters. The van der Waals surface area contributed by atoms with Crippen LogP contribution in [0.1, 0.15) is 60.8 Å². The number of aryl methyl sites for hydroxylation is 1. The molecule has 46 heavy (non-hydrogen) atoms. The Morgan fingerprint density at radius 2 is 1.59 bits per heavy atom. The molecule has 5 rings (SSSR count). The largest absolute Gasteiger partial charge is 0.466 e. The maximum atomic E-state index is 13.4. The molecule has 0 aromatic heterocycles. The van der Waals surface area contributed by atoms with Gasteiger partial charge in [-0.2, -0.15) is 0 Å². The maximum absolute atomic E-state index is 13.4. The second-order valence-corrected chi connectivity index (χ2v) is 12.2. The molecular formula is C37H42N4O5. The Kier molecular flexibility index (Phi) is 10.0. The molecule has 1 N–H and O–H groups in total. The van der Waals surface area contributed by atoms with Gasteiger partial charge in [0.15, 0.2) is 0 Å². The lowest BCUT2D eigenvalue weighted by Crippen LogP contribution is -2.43. The standard InChI is InChI=1S/C37H42N4O5/c1-26-24-28(17-18-32(26)41(44)45)34-31(36(43)46-4)25-39(3)27(2)35(34)38-33(42)16-11-21-40-22-19-37(20-23-40,29-12-7-5-8-13-29)30-14-9-6-10-15-30/h5-10,12-15,17-18,24-25,34H,11,16,19-23H2,1-4H3,(H,38,42). The molecule has 0 radical (unpaired) electrons. The highest BCUT2D eigenvalue weighted by Crippen LogP contribution is 2.42. The van der Waals surface area contributed by atoms with E-state index in [0.717, 1.165) is 38.2 Å². The Balaban J connectivity index is 1.26. The number of nitrogens with one attached hydrogen (secondary N) is 1. The first kappa shape index (κ1) is 32.6. The predicted octanol–water partition coefficient (Wildman–Crippen LogP) is 6.20. The molecule has 1 fully saturated rings. The van der Waals surface area contributed by atoms with E-state index in [-0.39, 0.29) is 17.0 Å². The van der Waals surface area contributed by atoms with Crippen molar-refractivity contribution in [1.29, 1.82) is 0 Å². The number of nitrogens with zero attached hydrogens (tertiary/aromatic N) is 3. The zero-order chi connectivity index (χ0) is 32.8. The Morgan fingerprint density at radius 3 is 2.13 bits per heavy atom. The zero-order valence-electron chi connectivity index (χ0n) is 27.0. The number of methoxy groups -OCH3 is 1. The van der Waals surface area contributed by atoms with Crippen molar-refractivity contribution in [2.24, 2.45) is 0 Å². The Hall–Kier alpha value is -4.76. The lowest BCUT2D eigenvalue weighted by molar-refractivity contribution is -0.385. The molecule has 2 heterocycles. The zero-order valence-corrected chi connectivity index (χ0v) is 27.0. The summed E-state index contributed by atoms with van der Waals surface area (Å²) >= 11 is 0. The van der Waals surface area contributed by atoms with Crippen molar-refractivity contribution >= 4 is 17.6 Å². The van der Waals surface area contributed by atoms with Crippen LogP contribution in [0.2, 0.25) is 0 Å². The first-order valence-electron chi connectivity index (χ1n) is 15.8. The van der Waals surface area contributed by atoms with Crippen molar-refractivity contribution in [3.8, 4) is 0 Å². The number of piperidine rings is 1. The van der Waals surface area contributed by atoms with Gasteiger partial charge < -0.3 is 19.9 Å². The summed E-state index contributed by atoms with van der Waals surface area (Å²) in [5.41, 5.74) is 5.48. The Bertz CT molecular complexity index is 1600. The van der Waals surface area contributed by atoms with Crippen molar-refractivity contribution in [1.82, 2.24) is 15.1 Å². The average molecular weight is 623 g/mol. The van der Waals surface area contributed by atoms with Crippen molar-refractivity contribution in [2.75, 3.05) is 33.8 Å². The fourth-order valence-electron chi connectivity index (χ4n) is 6.89. The quantitative estimate of drug-likeness (QED) is 0.163. The van der Waals surface area contributed by atoms with Crippen LogP contribution in [0, 0.1) is 17.0 Å². The summed E-state index contributed by atoms with van der Waals surface area (Å²) in [5, 5.41) is 14.6. The number of benzene rings is 3. The number of carbonyl (C=O) groups excluding carboxylic acids is 2. The number of esters is 1. The molecule has 1 saturated heterocycles. The molecule has 0 bridgehead atoms. The van der Waals surface area contributed by atoms with E-state index in [1.165, 1.54) is 24.3 Å². The molecule has 3 aromatic rings. The Morgan fingerprint density at radius 1 is 0.978 bits per heavy atom. The molecule has 1 amide bonds. The molecular weight excluding hydrogens is 580 g/mol. The molecule has 240 valence electrons. The van der Waals surface area contributed by atoms with Gasteiger partial charge in [0, 0.05) is 48.1 Å². The minimum atomic E-state index is -0.640. The highest BCUT2D eigenvalue weighted by atomic mass is 16.6. The van der Waals surface area contributed by atoms with Gasteiger partial charge in [-0.3, -0.25) is 14.9 Å². The summed E-state index contributed by atoms with van der Waals surface area (Å²) in [6.45, 7) is 6.23. The number of nitro groups is 1. The van der Waals surface area contributed by atoms with Crippen LogP contribution in [0.15, 0.2) is 102 Å². The molecule has 0 saturated carbocycles. The third kappa shape index (κ3) is 6.74. The number of amides is 1. The Labute approximate surface area is 270 Å². The topological polar surface area (TPSA) is 105 Å². The van der Waals surface area contributed by atoms with E-state index in [4.69, 9.17) is 4.74 Å². The van der Waals surface area contributed by atoms with Crippen LogP contribution < -0.4 is 5.32 Å². The van der Waals surface area contributed by atoms with Crippen molar-refractivity contribution in [3.05, 3.63) is 134 Å². The number of rotatable bonds is 10. The molecule has 9 nitrogen and oxygen atoms in total. The molecule has 0 spiro atoms. The summed E-state index contributed by atoms with van der Waals surface area (Å²) in [7, 11) is 3.12. The van der Waals surface area contributed by atoms with E-state index >= 15 is 0 Å². The fraction of sp³-hybridized carbons (Fsp3) is 0.351. The van der Waals surface area contributed by atoms with Crippen LogP contribution in [0.25, 0.3) is 0 Å². The second kappa shape index (κ2) is 14.1. The number of allylic oxidation sites excluding steroid dienone is 2. The van der Waals surface area contributed by atoms with E-state index in [1.54, 1.807) is 30.2 Å². The summed E-state index contributed by atoms with van der Waals surface area (Å²) in [4.78, 5) is 41.6. The summed E-state index contributed by atoms with van der Waals surface area (Å²) < 4.78 is 5.09. The molecule has 0 aliphatic carbocycles. The third-order valence-electron chi connectivity index (χ3n) is 9.54. The van der Waals surface area contributed by atoms with Gasteiger partial charge in [0.2, 0.25) is 5.91 Å². The molecule has 2 aliphatic rings. The van der Waals surface area contributed by atoms with Gasteiger partial charge in [0.25, 0.3) is 5.69 Å². The van der Waals surface area contributed by atoms with Crippen LogP contribution >= 0.6 is 0 Å². The van der Waals surface area contributed by atoms with Gasteiger partial charge in [-0.15, -0.1) is 0 Å². The number of ether oxygens (including phenoxy) is 1. The van der Waals surface area contributed by atoms with E-state index in [1.807, 2.05) is 14.0 Å². The molecule has 2 aliphatic heterocycles. The van der Waals surface area contributed by atoms with Crippen LogP contribution in [0.4, 0.5) is 5.69 Å². The van der Waals surface area contributed by atoms with Gasteiger partial charge in [0.1, 0.15) is 0 Å². The number of likely N-dealkylation sites (tertiary alicyclic amines) is 1. The monoisotopic (exact) mass is 622 g/mol. The highest BCUT2D eigenvalue weighted by molar-refractivity contribution is 5.92. The van der Waals surface area contributed by atoms with E-state index in [2.05, 4.69) is 70.9 Å². The van der Waals surface area contributed by atoms with Crippen LogP contribution in [-0.2, 0) is 19.7 Å². The third-order valence-corrected chi connectivity index (χ3v) is 9.54. The molecule has 9 heteroatoms. The lowest BCUT2D eigenvalue weighted by Gasteiger charge is -2.43. The van der Waals surface area contributed by atoms with Crippen LogP contribution in [0.3, 0.4) is 0 Å². The normalized spacial score (nSPS) is 18.1. The minimum Gasteiger partial charge on any atom is -0.466 e. The highest BCUT2D eigenvalue weighted by Gasteiger charge is 2.38. The summed E-state index contributed by atoms with van der Waals surface area (Å²) in [6, 6.07) is 26.3. The van der Waals surface area contributed by atoms with E-state index < -0.39 is 16.8 Å². The van der Waals surface area contributed by atoms with Gasteiger partial charge in [-0.25, -0.2) is 4.79 Å². The van der Waals surface area contributed by atoms with Gasteiger partial charge in [-0.05, 0) is 75.5 Å². The molecule has 1 atom stereocenters. The van der Waals surface area contributed by atoms with E-state index in [0.29, 0.717) is 35.2 Å². The lowest BCUT2D eigenvalue weighted by atomic mass is 9.68. The first-order chi connectivity index (χ1) is 22.1. The minimum absolute atomic E-state index is 0.00551. The summed E-state index contributed by atoms with van der Waals surface area (Å²) in [5.74, 6) is -1.31. The van der Waals surface area contributed by atoms with Crippen LogP contribution in [0.5, 0.6) is 0 Å². The van der Waals surface area contributed by atoms with Gasteiger partial charge in [0.05, 0.1) is 23.5 Å². The number of nitro benzene ring substituents is 1. The second-order valence-electron chi connectivity index (χ2n) is 12.2. The van der Waals surface area contributed by atoms with Gasteiger partial charge in [-0.1, -0.05) is 66.7 Å². The average Bonchev–Trinajstić information content (AvgIpc) is 3.07. The number of hydrogen-bond donors (Lipinski definition) is 1.